The van der Waals surface area contributed by atoms with Crippen LogP contribution in [0.4, 0.5) is 16.2 Å². The minimum absolute atomic E-state index is 0.0301. The number of benzene rings is 2. The molecule has 1 N–H and O–H groups in total. The van der Waals surface area contributed by atoms with Crippen molar-refractivity contribution in [1.82, 2.24) is 5.32 Å². The lowest BCUT2D eigenvalue weighted by Crippen LogP contribution is -2.65. The molecular formula is C17H14ClN3O4. The van der Waals surface area contributed by atoms with Crippen molar-refractivity contribution in [2.45, 2.75) is 25.1 Å². The van der Waals surface area contributed by atoms with Gasteiger partial charge < -0.3 is 10.1 Å². The smallest absolute Gasteiger partial charge is 0.325 e. The first-order valence-corrected chi connectivity index (χ1v) is 8.09. The fourth-order valence-electron chi connectivity index (χ4n) is 3.48. The van der Waals surface area contributed by atoms with Gasteiger partial charge in [-0.3, -0.25) is 15.0 Å². The van der Waals surface area contributed by atoms with Crippen LogP contribution in [0.5, 0.6) is 5.75 Å². The van der Waals surface area contributed by atoms with Gasteiger partial charge in [0.05, 0.1) is 16.7 Å². The number of nitro benzene ring substituents is 1. The number of amides is 2. The highest BCUT2D eigenvalue weighted by Gasteiger charge is 2.50. The number of ether oxygens (including phenoxy) is 1. The van der Waals surface area contributed by atoms with Crippen LogP contribution >= 0.6 is 11.6 Å². The van der Waals surface area contributed by atoms with Crippen LogP contribution in [0.15, 0.2) is 42.5 Å². The topological polar surface area (TPSA) is 84.7 Å². The average molecular weight is 360 g/mol. The summed E-state index contributed by atoms with van der Waals surface area (Å²) < 4.78 is 6.10. The second-order valence-electron chi connectivity index (χ2n) is 6.28. The van der Waals surface area contributed by atoms with Crippen LogP contribution in [-0.4, -0.2) is 16.7 Å². The minimum Gasteiger partial charge on any atom is -0.467 e. The average Bonchev–Trinajstić information content (AvgIpc) is 2.53. The molecule has 1 fully saturated rings. The van der Waals surface area contributed by atoms with Gasteiger partial charge in [0.15, 0.2) is 5.72 Å². The largest absolute Gasteiger partial charge is 0.467 e. The Labute approximate surface area is 148 Å². The quantitative estimate of drug-likeness (QED) is 0.648. The van der Waals surface area contributed by atoms with Crippen LogP contribution in [0.1, 0.15) is 24.9 Å². The first-order chi connectivity index (χ1) is 11.9. The molecule has 2 atom stereocenters. The molecule has 2 aliphatic rings. The molecule has 25 heavy (non-hydrogen) atoms. The maximum Gasteiger partial charge on any atom is 0.325 e. The van der Waals surface area contributed by atoms with E-state index >= 15 is 0 Å². The summed E-state index contributed by atoms with van der Waals surface area (Å²) in [5, 5.41) is 14.4. The van der Waals surface area contributed by atoms with Crippen LogP contribution in [0.2, 0.25) is 5.02 Å². The van der Waals surface area contributed by atoms with E-state index < -0.39 is 10.6 Å². The number of rotatable bonds is 2. The number of carbonyl (C=O) groups excluding carboxylic acids is 1. The van der Waals surface area contributed by atoms with Gasteiger partial charge in [-0.25, -0.2) is 4.79 Å². The number of halogens is 1. The zero-order chi connectivity index (χ0) is 17.8. The van der Waals surface area contributed by atoms with Gasteiger partial charge >= 0.3 is 6.03 Å². The van der Waals surface area contributed by atoms with Gasteiger partial charge in [-0.05, 0) is 31.2 Å². The lowest BCUT2D eigenvalue weighted by molar-refractivity contribution is -0.385. The Morgan fingerprint density at radius 2 is 2.16 bits per heavy atom. The second kappa shape index (κ2) is 5.35. The maximum atomic E-state index is 12.7. The molecule has 2 amide bonds. The normalized spacial score (nSPS) is 24.2. The zero-order valence-corrected chi connectivity index (χ0v) is 14.0. The van der Waals surface area contributed by atoms with Crippen LogP contribution in [0, 0.1) is 10.1 Å². The van der Waals surface area contributed by atoms with Crippen molar-refractivity contribution >= 4 is 29.0 Å². The van der Waals surface area contributed by atoms with E-state index in [-0.39, 0.29) is 17.8 Å². The van der Waals surface area contributed by atoms with Crippen molar-refractivity contribution in [2.75, 3.05) is 4.90 Å². The number of nitro groups is 1. The Hall–Kier alpha value is -2.80. The summed E-state index contributed by atoms with van der Waals surface area (Å²) in [7, 11) is 0. The lowest BCUT2D eigenvalue weighted by atomic mass is 9.90. The molecule has 0 unspecified atom stereocenters. The summed E-state index contributed by atoms with van der Waals surface area (Å²) in [6.07, 6.45) is 0.458. The van der Waals surface area contributed by atoms with Gasteiger partial charge in [0.1, 0.15) is 5.75 Å². The molecule has 0 aliphatic carbocycles. The van der Waals surface area contributed by atoms with E-state index in [4.69, 9.17) is 16.3 Å². The molecule has 128 valence electrons. The molecule has 2 aromatic rings. The number of non-ortho nitro benzene ring substituents is 1. The highest BCUT2D eigenvalue weighted by molar-refractivity contribution is 6.30. The van der Waals surface area contributed by atoms with Gasteiger partial charge in [0.25, 0.3) is 5.69 Å². The van der Waals surface area contributed by atoms with E-state index in [0.29, 0.717) is 28.4 Å². The number of hydrogen-bond acceptors (Lipinski definition) is 4. The number of nitrogens with zero attached hydrogens (tertiary/aromatic N) is 2. The molecule has 0 saturated carbocycles. The van der Waals surface area contributed by atoms with E-state index in [1.165, 1.54) is 17.0 Å². The number of urea groups is 1. The molecule has 2 aliphatic heterocycles. The summed E-state index contributed by atoms with van der Waals surface area (Å²) in [4.78, 5) is 24.8. The van der Waals surface area contributed by atoms with Crippen LogP contribution < -0.4 is 15.0 Å². The van der Waals surface area contributed by atoms with Crippen molar-refractivity contribution in [3.05, 3.63) is 63.2 Å². The Balaban J connectivity index is 1.79. The SMILES string of the molecule is C[C@@]12C[C@@H](NC(=O)N1c1cccc(Cl)c1)c1cc([N+](=O)[O-])ccc1O2. The molecule has 7 nitrogen and oxygen atoms in total. The van der Waals surface area contributed by atoms with Crippen LogP contribution in [0.25, 0.3) is 0 Å². The molecule has 4 rings (SSSR count). The minimum atomic E-state index is -0.916. The third-order valence-electron chi connectivity index (χ3n) is 4.53. The maximum absolute atomic E-state index is 12.7. The first kappa shape index (κ1) is 15.7. The number of anilines is 1. The summed E-state index contributed by atoms with van der Waals surface area (Å²) in [5.41, 5.74) is 0.292. The molecule has 2 heterocycles. The predicted octanol–water partition coefficient (Wildman–Crippen LogP) is 4.02. The van der Waals surface area contributed by atoms with Crippen LogP contribution in [-0.2, 0) is 0 Å². The molecule has 0 aromatic heterocycles. The summed E-state index contributed by atoms with van der Waals surface area (Å²) in [5.74, 6) is 0.524. The van der Waals surface area contributed by atoms with Crippen LogP contribution in [0.3, 0.4) is 0 Å². The molecular weight excluding hydrogens is 346 g/mol. The number of carbonyl (C=O) groups is 1. The molecule has 8 heteroatoms. The van der Waals surface area contributed by atoms with E-state index in [1.807, 2.05) is 6.92 Å². The molecule has 0 spiro atoms. The zero-order valence-electron chi connectivity index (χ0n) is 13.2. The number of fused-ring (bicyclic) bond motifs is 4. The fraction of sp³-hybridized carbons (Fsp3) is 0.235. The Bertz CT molecular complexity index is 903. The van der Waals surface area contributed by atoms with Crippen molar-refractivity contribution < 1.29 is 14.5 Å². The van der Waals surface area contributed by atoms with E-state index in [1.54, 1.807) is 30.3 Å². The lowest BCUT2D eigenvalue weighted by Gasteiger charge is -2.50. The van der Waals surface area contributed by atoms with Crippen molar-refractivity contribution in [2.24, 2.45) is 0 Å². The molecule has 2 bridgehead atoms. The van der Waals surface area contributed by atoms with Crippen molar-refractivity contribution in [1.29, 1.82) is 0 Å². The van der Waals surface area contributed by atoms with Gasteiger partial charge in [0, 0.05) is 29.1 Å². The number of nitrogens with one attached hydrogen (secondary N) is 1. The molecule has 1 saturated heterocycles. The Morgan fingerprint density at radius 1 is 1.36 bits per heavy atom. The number of hydrogen-bond donors (Lipinski definition) is 1. The van der Waals surface area contributed by atoms with E-state index in [2.05, 4.69) is 5.32 Å². The van der Waals surface area contributed by atoms with Gasteiger partial charge in [-0.2, -0.15) is 0 Å². The van der Waals surface area contributed by atoms with Crippen molar-refractivity contribution in [3.8, 4) is 5.75 Å². The highest BCUT2D eigenvalue weighted by Crippen LogP contribution is 2.46. The third-order valence-corrected chi connectivity index (χ3v) is 4.77. The molecule has 2 aromatic carbocycles. The summed E-state index contributed by atoms with van der Waals surface area (Å²) >= 11 is 6.06. The monoisotopic (exact) mass is 359 g/mol. The molecule has 0 radical (unpaired) electrons. The van der Waals surface area contributed by atoms with E-state index in [9.17, 15) is 14.9 Å². The summed E-state index contributed by atoms with van der Waals surface area (Å²) in [6, 6.07) is 10.7. The Morgan fingerprint density at radius 3 is 2.88 bits per heavy atom. The second-order valence-corrected chi connectivity index (χ2v) is 6.71. The standard InChI is InChI=1S/C17H14ClN3O4/c1-17-9-14(13-8-12(21(23)24)5-6-15(13)25-17)19-16(22)20(17)11-4-2-3-10(18)7-11/h2-8,14H,9H2,1H3,(H,19,22)/t14-,17-/m1/s1. The fourth-order valence-corrected chi connectivity index (χ4v) is 3.67. The van der Waals surface area contributed by atoms with Gasteiger partial charge in [-0.1, -0.05) is 17.7 Å². The Kier molecular flexibility index (Phi) is 3.36. The highest BCUT2D eigenvalue weighted by atomic mass is 35.5. The first-order valence-electron chi connectivity index (χ1n) is 7.71. The van der Waals surface area contributed by atoms with Gasteiger partial charge in [0.2, 0.25) is 0 Å². The van der Waals surface area contributed by atoms with Crippen molar-refractivity contribution in [3.63, 3.8) is 0 Å². The van der Waals surface area contributed by atoms with E-state index in [0.717, 1.165) is 0 Å². The summed E-state index contributed by atoms with van der Waals surface area (Å²) in [6.45, 7) is 1.82. The van der Waals surface area contributed by atoms with Gasteiger partial charge in [-0.15, -0.1) is 0 Å². The predicted molar refractivity (Wildman–Crippen MR) is 92.0 cm³/mol. The third kappa shape index (κ3) is 2.47.